The van der Waals surface area contributed by atoms with Gasteiger partial charge in [0.05, 0.1) is 13.0 Å². The van der Waals surface area contributed by atoms with Crippen LogP contribution in [0.5, 0.6) is 0 Å². The molecule has 0 saturated carbocycles. The maximum Gasteiger partial charge on any atom is 0.308 e. The highest BCUT2D eigenvalue weighted by Crippen LogP contribution is 2.18. The van der Waals surface area contributed by atoms with Crippen molar-refractivity contribution in [3.8, 4) is 0 Å². The lowest BCUT2D eigenvalue weighted by Crippen LogP contribution is -2.46. The molecule has 1 N–H and O–H groups in total. The van der Waals surface area contributed by atoms with Gasteiger partial charge >= 0.3 is 5.97 Å². The highest BCUT2D eigenvalue weighted by molar-refractivity contribution is 5.80. The Balaban J connectivity index is 1.88. The molecule has 1 aliphatic rings. The lowest BCUT2D eigenvalue weighted by Gasteiger charge is -2.33. The average molecular weight is 346 g/mol. The number of carbonyl (C=O) groups is 1. The molecule has 2 rings (SSSR count). The van der Waals surface area contributed by atoms with Gasteiger partial charge in [0.2, 0.25) is 0 Å². The van der Waals surface area contributed by atoms with Gasteiger partial charge in [0.25, 0.3) is 0 Å². The van der Waals surface area contributed by atoms with Gasteiger partial charge in [-0.15, -0.1) is 0 Å². The van der Waals surface area contributed by atoms with Crippen LogP contribution in [0.2, 0.25) is 0 Å². The number of guanidine groups is 1. The summed E-state index contributed by atoms with van der Waals surface area (Å²) in [4.78, 5) is 20.4. The number of ether oxygens (including phenoxy) is 1. The van der Waals surface area contributed by atoms with E-state index in [1.165, 1.54) is 18.2 Å². The summed E-state index contributed by atoms with van der Waals surface area (Å²) in [5.74, 6) is 0.809. The van der Waals surface area contributed by atoms with Crippen molar-refractivity contribution >= 4 is 11.9 Å². The Bertz CT molecular complexity index is 593. The summed E-state index contributed by atoms with van der Waals surface area (Å²) >= 11 is 0. The predicted octanol–water partition coefficient (Wildman–Crippen LogP) is 1.71. The molecule has 0 radical (unpaired) electrons. The van der Waals surface area contributed by atoms with Crippen LogP contribution in [-0.4, -0.2) is 63.1 Å². The van der Waals surface area contributed by atoms with Gasteiger partial charge in [-0.25, -0.2) is 0 Å². The second-order valence-corrected chi connectivity index (χ2v) is 6.74. The molecule has 1 saturated heterocycles. The van der Waals surface area contributed by atoms with E-state index < -0.39 is 0 Å². The van der Waals surface area contributed by atoms with E-state index in [1.807, 2.05) is 0 Å². The van der Waals surface area contributed by atoms with E-state index in [-0.39, 0.29) is 11.9 Å². The summed E-state index contributed by atoms with van der Waals surface area (Å²) in [5, 5.41) is 3.44. The van der Waals surface area contributed by atoms with E-state index in [0.717, 1.165) is 45.0 Å². The van der Waals surface area contributed by atoms with Gasteiger partial charge in [-0.2, -0.15) is 0 Å². The molecule has 1 aromatic rings. The molecule has 0 unspecified atom stereocenters. The zero-order valence-corrected chi connectivity index (χ0v) is 15.8. The maximum atomic E-state index is 11.6. The van der Waals surface area contributed by atoms with Crippen LogP contribution in [0, 0.1) is 5.92 Å². The Morgan fingerprint density at radius 3 is 2.60 bits per heavy atom. The minimum atomic E-state index is -0.0969. The summed E-state index contributed by atoms with van der Waals surface area (Å²) in [5.41, 5.74) is 2.54. The van der Waals surface area contributed by atoms with Crippen LogP contribution in [0.4, 0.5) is 0 Å². The van der Waals surface area contributed by atoms with E-state index in [1.54, 1.807) is 7.05 Å². The molecule has 0 bridgehead atoms. The first-order valence-corrected chi connectivity index (χ1v) is 8.79. The first-order chi connectivity index (χ1) is 12.0. The zero-order chi connectivity index (χ0) is 18.2. The Kier molecular flexibility index (Phi) is 7.25. The summed E-state index contributed by atoms with van der Waals surface area (Å²) < 4.78 is 4.85. The summed E-state index contributed by atoms with van der Waals surface area (Å²) in [6.45, 7) is 3.31. The number of benzene rings is 1. The third-order valence-electron chi connectivity index (χ3n) is 4.48. The number of likely N-dealkylation sites (tertiary alicyclic amines) is 1. The molecule has 0 atom stereocenters. The number of esters is 1. The maximum absolute atomic E-state index is 11.6. The molecule has 0 amide bonds. The fraction of sp³-hybridized carbons (Fsp3) is 0.579. The number of piperidine rings is 1. The highest BCUT2D eigenvalue weighted by Gasteiger charge is 2.26. The quantitative estimate of drug-likeness (QED) is 0.500. The summed E-state index contributed by atoms with van der Waals surface area (Å²) in [6.07, 6.45) is 1.62. The van der Waals surface area contributed by atoms with E-state index in [9.17, 15) is 4.79 Å². The molecule has 0 aromatic heterocycles. The van der Waals surface area contributed by atoms with Crippen LogP contribution < -0.4 is 5.32 Å². The molecule has 138 valence electrons. The Morgan fingerprint density at radius 1 is 1.32 bits per heavy atom. The second kappa shape index (κ2) is 9.42. The minimum absolute atomic E-state index is 0.0158. The van der Waals surface area contributed by atoms with Crippen molar-refractivity contribution < 1.29 is 9.53 Å². The van der Waals surface area contributed by atoms with Crippen LogP contribution >= 0.6 is 0 Å². The first-order valence-electron chi connectivity index (χ1n) is 8.79. The molecule has 6 nitrogen and oxygen atoms in total. The number of aliphatic imine (C=N–C) groups is 1. The molecule has 6 heteroatoms. The lowest BCUT2D eigenvalue weighted by molar-refractivity contribution is -0.146. The van der Waals surface area contributed by atoms with Crippen molar-refractivity contribution in [3.05, 3.63) is 35.4 Å². The largest absolute Gasteiger partial charge is 0.469 e. The molecule has 0 spiro atoms. The third kappa shape index (κ3) is 5.74. The molecular formula is C19H30N4O2. The summed E-state index contributed by atoms with van der Waals surface area (Å²) in [6, 6.07) is 8.60. The van der Waals surface area contributed by atoms with Crippen molar-refractivity contribution in [2.24, 2.45) is 10.9 Å². The van der Waals surface area contributed by atoms with Crippen molar-refractivity contribution in [3.63, 3.8) is 0 Å². The predicted molar refractivity (Wildman–Crippen MR) is 100 cm³/mol. The number of methoxy groups -OCH3 is 1. The van der Waals surface area contributed by atoms with Crippen LogP contribution in [0.1, 0.15) is 24.0 Å². The number of hydrogen-bond donors (Lipinski definition) is 1. The van der Waals surface area contributed by atoms with E-state index >= 15 is 0 Å². The Labute approximate surface area is 150 Å². The number of rotatable bonds is 5. The van der Waals surface area contributed by atoms with Crippen LogP contribution in [0.15, 0.2) is 29.3 Å². The Hall–Kier alpha value is -2.08. The van der Waals surface area contributed by atoms with Crippen LogP contribution in [-0.2, 0) is 22.6 Å². The van der Waals surface area contributed by atoms with Gasteiger partial charge in [-0.3, -0.25) is 9.79 Å². The zero-order valence-electron chi connectivity index (χ0n) is 15.8. The van der Waals surface area contributed by atoms with E-state index in [0.29, 0.717) is 0 Å². The number of nitrogens with one attached hydrogen (secondary N) is 1. The van der Waals surface area contributed by atoms with Crippen molar-refractivity contribution in [2.75, 3.05) is 41.3 Å². The molecule has 1 aliphatic heterocycles. The third-order valence-corrected chi connectivity index (χ3v) is 4.48. The van der Waals surface area contributed by atoms with Gasteiger partial charge in [-0.1, -0.05) is 24.3 Å². The minimum Gasteiger partial charge on any atom is -0.469 e. The average Bonchev–Trinajstić information content (AvgIpc) is 2.62. The van der Waals surface area contributed by atoms with Crippen molar-refractivity contribution in [1.82, 2.24) is 15.1 Å². The summed E-state index contributed by atoms with van der Waals surface area (Å²) in [7, 11) is 7.41. The monoisotopic (exact) mass is 346 g/mol. The first kappa shape index (κ1) is 19.2. The molecule has 0 aliphatic carbocycles. The number of carbonyl (C=O) groups excluding carboxylic acids is 1. The lowest BCUT2D eigenvalue weighted by atomic mass is 9.97. The fourth-order valence-electron chi connectivity index (χ4n) is 3.21. The van der Waals surface area contributed by atoms with Gasteiger partial charge in [-0.05, 0) is 38.1 Å². The molecule has 1 aromatic carbocycles. The second-order valence-electron chi connectivity index (χ2n) is 6.74. The standard InChI is InChI=1S/C19H30N4O2/c1-20-19(23-10-8-17(9-11-23)18(24)25-4)21-13-15-6-5-7-16(12-15)14-22(2)3/h5-7,12,17H,8-11,13-14H2,1-4H3,(H,20,21). The SMILES string of the molecule is CN=C(NCc1cccc(CN(C)C)c1)N1CCC(C(=O)OC)CC1. The molecular weight excluding hydrogens is 316 g/mol. The molecule has 25 heavy (non-hydrogen) atoms. The van der Waals surface area contributed by atoms with Gasteiger partial charge in [0, 0.05) is 33.2 Å². The number of nitrogens with zero attached hydrogens (tertiary/aromatic N) is 3. The topological polar surface area (TPSA) is 57.2 Å². The van der Waals surface area contributed by atoms with Gasteiger partial charge in [0.1, 0.15) is 0 Å². The van der Waals surface area contributed by atoms with Crippen LogP contribution in [0.3, 0.4) is 0 Å². The van der Waals surface area contributed by atoms with Crippen molar-refractivity contribution in [2.45, 2.75) is 25.9 Å². The van der Waals surface area contributed by atoms with Gasteiger partial charge in [0.15, 0.2) is 5.96 Å². The normalized spacial score (nSPS) is 16.2. The highest BCUT2D eigenvalue weighted by atomic mass is 16.5. The fourth-order valence-corrected chi connectivity index (χ4v) is 3.21. The molecule has 1 heterocycles. The Morgan fingerprint density at radius 2 is 2.00 bits per heavy atom. The number of hydrogen-bond acceptors (Lipinski definition) is 4. The van der Waals surface area contributed by atoms with Gasteiger partial charge < -0.3 is 19.9 Å². The smallest absolute Gasteiger partial charge is 0.308 e. The van der Waals surface area contributed by atoms with E-state index in [2.05, 4.69) is 58.5 Å². The van der Waals surface area contributed by atoms with Crippen LogP contribution in [0.25, 0.3) is 0 Å². The van der Waals surface area contributed by atoms with Crippen molar-refractivity contribution in [1.29, 1.82) is 0 Å². The molecule has 1 fully saturated rings. The van der Waals surface area contributed by atoms with E-state index in [4.69, 9.17) is 4.74 Å².